The molecule has 0 bridgehead atoms. The lowest BCUT2D eigenvalue weighted by Gasteiger charge is -2.31. The highest BCUT2D eigenvalue weighted by Crippen LogP contribution is 2.26. The Morgan fingerprint density at radius 3 is 2.79 bits per heavy atom. The number of hydrogen-bond donors (Lipinski definition) is 2. The lowest BCUT2D eigenvalue weighted by molar-refractivity contribution is 0.0311. The van der Waals surface area contributed by atoms with Gasteiger partial charge in [0.1, 0.15) is 5.82 Å². The van der Waals surface area contributed by atoms with E-state index < -0.39 is 17.3 Å². The molecule has 0 unspecified atom stereocenters. The molecular weight excluding hydrogens is 289 g/mol. The summed E-state index contributed by atoms with van der Waals surface area (Å²) in [6, 6.07) is 3.63. The third kappa shape index (κ3) is 3.84. The molecule has 0 radical (unpaired) electrons. The van der Waals surface area contributed by atoms with Crippen LogP contribution < -0.4 is 5.32 Å². The minimum atomic E-state index is -0.840. The maximum Gasteiger partial charge on any atom is 0.252 e. The molecule has 1 amide bonds. The van der Waals surface area contributed by atoms with Crippen molar-refractivity contribution in [3.8, 4) is 0 Å². The van der Waals surface area contributed by atoms with Crippen LogP contribution in [-0.2, 0) is 0 Å². The van der Waals surface area contributed by atoms with Gasteiger partial charge in [-0.15, -0.1) is 0 Å². The second-order valence-corrected chi connectivity index (χ2v) is 6.28. The van der Waals surface area contributed by atoms with Crippen LogP contribution in [0, 0.1) is 5.82 Å². The summed E-state index contributed by atoms with van der Waals surface area (Å²) in [5, 5.41) is 13.0. The molecule has 1 aliphatic heterocycles. The average molecular weight is 304 g/mol. The molecule has 19 heavy (non-hydrogen) atoms. The Kier molecular flexibility index (Phi) is 4.71. The highest BCUT2D eigenvalue weighted by Gasteiger charge is 2.30. The van der Waals surface area contributed by atoms with Crippen LogP contribution in [0.1, 0.15) is 23.2 Å². The van der Waals surface area contributed by atoms with Gasteiger partial charge >= 0.3 is 0 Å². The third-order valence-electron chi connectivity index (χ3n) is 3.18. The number of hydrogen-bond acceptors (Lipinski definition) is 3. The maximum atomic E-state index is 12.9. The molecule has 1 aromatic carbocycles. The Morgan fingerprint density at radius 2 is 2.16 bits per heavy atom. The van der Waals surface area contributed by atoms with Gasteiger partial charge in [0.05, 0.1) is 16.2 Å². The lowest BCUT2D eigenvalue weighted by atomic mass is 9.97. The summed E-state index contributed by atoms with van der Waals surface area (Å²) in [6.07, 6.45) is 1.32. The van der Waals surface area contributed by atoms with E-state index in [-0.39, 0.29) is 17.1 Å². The van der Waals surface area contributed by atoms with Gasteiger partial charge in [0.2, 0.25) is 0 Å². The normalized spacial score (nSPS) is 18.1. The predicted molar refractivity (Wildman–Crippen MR) is 75.3 cm³/mol. The van der Waals surface area contributed by atoms with Gasteiger partial charge < -0.3 is 10.4 Å². The molecule has 1 saturated heterocycles. The minimum Gasteiger partial charge on any atom is -0.388 e. The van der Waals surface area contributed by atoms with Crippen molar-refractivity contribution >= 4 is 29.3 Å². The van der Waals surface area contributed by atoms with E-state index in [0.717, 1.165) is 17.6 Å². The summed E-state index contributed by atoms with van der Waals surface area (Å²) in [4.78, 5) is 11.9. The van der Waals surface area contributed by atoms with E-state index >= 15 is 0 Å². The van der Waals surface area contributed by atoms with Crippen molar-refractivity contribution in [2.24, 2.45) is 0 Å². The van der Waals surface area contributed by atoms with Crippen LogP contribution in [0.5, 0.6) is 0 Å². The fraction of sp³-hybridized carbons (Fsp3) is 0.462. The molecule has 104 valence electrons. The van der Waals surface area contributed by atoms with Crippen LogP contribution in [-0.4, -0.2) is 34.7 Å². The molecule has 1 heterocycles. The van der Waals surface area contributed by atoms with Gasteiger partial charge in [-0.3, -0.25) is 4.79 Å². The van der Waals surface area contributed by atoms with E-state index in [4.69, 9.17) is 11.6 Å². The zero-order chi connectivity index (χ0) is 13.9. The minimum absolute atomic E-state index is 0.0729. The summed E-state index contributed by atoms with van der Waals surface area (Å²) >= 11 is 7.61. The molecule has 1 aliphatic rings. The molecule has 1 aromatic rings. The van der Waals surface area contributed by atoms with Crippen LogP contribution in [0.4, 0.5) is 4.39 Å². The molecule has 0 atom stereocenters. The molecule has 0 spiro atoms. The SMILES string of the molecule is O=C(NCC1(O)CCSCC1)c1ccc(F)cc1Cl. The molecule has 0 saturated carbocycles. The van der Waals surface area contributed by atoms with Gasteiger partial charge in [0, 0.05) is 6.54 Å². The molecule has 2 N–H and O–H groups in total. The highest BCUT2D eigenvalue weighted by atomic mass is 35.5. The monoisotopic (exact) mass is 303 g/mol. The van der Waals surface area contributed by atoms with E-state index in [9.17, 15) is 14.3 Å². The fourth-order valence-electron chi connectivity index (χ4n) is 1.94. The Hall–Kier alpha value is -0.780. The molecule has 6 heteroatoms. The van der Waals surface area contributed by atoms with Gasteiger partial charge in [0.25, 0.3) is 5.91 Å². The number of aliphatic hydroxyl groups is 1. The van der Waals surface area contributed by atoms with Crippen molar-refractivity contribution in [3.63, 3.8) is 0 Å². The predicted octanol–water partition coefficient (Wildman–Crippen LogP) is 2.47. The topological polar surface area (TPSA) is 49.3 Å². The van der Waals surface area contributed by atoms with Crippen molar-refractivity contribution in [1.29, 1.82) is 0 Å². The van der Waals surface area contributed by atoms with E-state index in [1.54, 1.807) is 11.8 Å². The summed E-state index contributed by atoms with van der Waals surface area (Å²) in [7, 11) is 0. The highest BCUT2D eigenvalue weighted by molar-refractivity contribution is 7.99. The summed E-state index contributed by atoms with van der Waals surface area (Å²) in [5.41, 5.74) is -0.621. The summed E-state index contributed by atoms with van der Waals surface area (Å²) < 4.78 is 12.9. The Balaban J connectivity index is 1.97. The molecule has 1 fully saturated rings. The number of amides is 1. The van der Waals surface area contributed by atoms with E-state index in [1.807, 2.05) is 0 Å². The molecule has 2 rings (SSSR count). The lowest BCUT2D eigenvalue weighted by Crippen LogP contribution is -2.45. The fourth-order valence-corrected chi connectivity index (χ4v) is 3.45. The first-order chi connectivity index (χ1) is 9.00. The second kappa shape index (κ2) is 6.11. The van der Waals surface area contributed by atoms with Gasteiger partial charge in [-0.25, -0.2) is 4.39 Å². The second-order valence-electron chi connectivity index (χ2n) is 4.64. The molecule has 3 nitrogen and oxygen atoms in total. The number of thioether (sulfide) groups is 1. The van der Waals surface area contributed by atoms with Crippen molar-refractivity contribution < 1.29 is 14.3 Å². The molecule has 0 aromatic heterocycles. The number of carbonyl (C=O) groups excluding carboxylic acids is 1. The quantitative estimate of drug-likeness (QED) is 0.902. The third-order valence-corrected chi connectivity index (χ3v) is 4.48. The van der Waals surface area contributed by atoms with Crippen LogP contribution in [0.25, 0.3) is 0 Å². The number of carbonyl (C=O) groups is 1. The molecule has 0 aliphatic carbocycles. The first kappa shape index (κ1) is 14.6. The Labute approximate surface area is 120 Å². The van der Waals surface area contributed by atoms with E-state index in [1.165, 1.54) is 12.1 Å². The first-order valence-corrected chi connectivity index (χ1v) is 7.57. The molecular formula is C13H15ClFNO2S. The Morgan fingerprint density at radius 1 is 1.47 bits per heavy atom. The standard InChI is InChI=1S/C13H15ClFNO2S/c14-11-7-9(15)1-2-10(11)12(17)16-8-13(18)3-5-19-6-4-13/h1-2,7,18H,3-6,8H2,(H,16,17). The van der Waals surface area contributed by atoms with Crippen LogP contribution in [0.2, 0.25) is 5.02 Å². The summed E-state index contributed by atoms with van der Waals surface area (Å²) in [5.74, 6) is 0.911. The van der Waals surface area contributed by atoms with Crippen molar-refractivity contribution in [1.82, 2.24) is 5.32 Å². The first-order valence-electron chi connectivity index (χ1n) is 6.04. The average Bonchev–Trinajstić information content (AvgIpc) is 2.37. The van der Waals surface area contributed by atoms with Crippen molar-refractivity contribution in [3.05, 3.63) is 34.6 Å². The van der Waals surface area contributed by atoms with E-state index in [0.29, 0.717) is 12.8 Å². The smallest absolute Gasteiger partial charge is 0.252 e. The Bertz CT molecular complexity index is 478. The van der Waals surface area contributed by atoms with Crippen LogP contribution >= 0.6 is 23.4 Å². The van der Waals surface area contributed by atoms with Gasteiger partial charge in [-0.2, -0.15) is 11.8 Å². The van der Waals surface area contributed by atoms with Gasteiger partial charge in [0.15, 0.2) is 0 Å². The summed E-state index contributed by atoms with van der Waals surface area (Å²) in [6.45, 7) is 0.195. The van der Waals surface area contributed by atoms with Crippen LogP contribution in [0.3, 0.4) is 0 Å². The zero-order valence-electron chi connectivity index (χ0n) is 10.3. The largest absolute Gasteiger partial charge is 0.388 e. The van der Waals surface area contributed by atoms with Crippen LogP contribution in [0.15, 0.2) is 18.2 Å². The number of halogens is 2. The van der Waals surface area contributed by atoms with Crippen molar-refractivity contribution in [2.45, 2.75) is 18.4 Å². The van der Waals surface area contributed by atoms with Gasteiger partial charge in [-0.05, 0) is 42.5 Å². The maximum absolute atomic E-state index is 12.9. The number of nitrogens with one attached hydrogen (secondary N) is 1. The van der Waals surface area contributed by atoms with E-state index in [2.05, 4.69) is 5.32 Å². The van der Waals surface area contributed by atoms with Gasteiger partial charge in [-0.1, -0.05) is 11.6 Å². The zero-order valence-corrected chi connectivity index (χ0v) is 11.9. The van der Waals surface area contributed by atoms with Crippen molar-refractivity contribution in [2.75, 3.05) is 18.1 Å². The number of rotatable bonds is 3. The number of benzene rings is 1.